The highest BCUT2D eigenvalue weighted by Crippen LogP contribution is 2.31. The first-order valence-electron chi connectivity index (χ1n) is 8.99. The van der Waals surface area contributed by atoms with Gasteiger partial charge in [0, 0.05) is 6.54 Å². The Morgan fingerprint density at radius 2 is 1.84 bits per heavy atom. The molecule has 6 nitrogen and oxygen atoms in total. The van der Waals surface area contributed by atoms with Crippen LogP contribution in [0.2, 0.25) is 10.0 Å². The molecular formula is C20H19Cl2F3N2O4. The third-order valence-corrected chi connectivity index (χ3v) is 4.87. The van der Waals surface area contributed by atoms with Gasteiger partial charge in [-0.1, -0.05) is 35.3 Å². The van der Waals surface area contributed by atoms with Gasteiger partial charge in [0.25, 0.3) is 5.91 Å². The van der Waals surface area contributed by atoms with Crippen LogP contribution in [0.25, 0.3) is 0 Å². The van der Waals surface area contributed by atoms with Gasteiger partial charge in [0.1, 0.15) is 24.5 Å². The number of hydrogen-bond donors (Lipinski definition) is 3. The standard InChI is InChI=1S/C20H19Cl2F3N2O4/c1-11(27-19(30)15-6-3-7-16(21)17(15)22)18(29)26-9-13(28)10-31-14-5-2-4-12(8-14)20(23,24)25/h2-8,11,13,28H,9-10H2,1H3,(H,26,29)(H,27,30). The van der Waals surface area contributed by atoms with Crippen molar-refractivity contribution in [1.29, 1.82) is 0 Å². The van der Waals surface area contributed by atoms with Crippen LogP contribution in [-0.2, 0) is 11.0 Å². The largest absolute Gasteiger partial charge is 0.491 e. The van der Waals surface area contributed by atoms with Crippen molar-refractivity contribution in [3.8, 4) is 5.75 Å². The summed E-state index contributed by atoms with van der Waals surface area (Å²) in [5, 5.41) is 15.0. The molecule has 0 aliphatic heterocycles. The smallest absolute Gasteiger partial charge is 0.416 e. The van der Waals surface area contributed by atoms with Crippen LogP contribution in [0.15, 0.2) is 42.5 Å². The minimum atomic E-state index is -4.51. The molecule has 2 aromatic rings. The van der Waals surface area contributed by atoms with Crippen LogP contribution in [0.3, 0.4) is 0 Å². The van der Waals surface area contributed by atoms with Gasteiger partial charge >= 0.3 is 6.18 Å². The Kier molecular flexibility index (Phi) is 8.55. The fraction of sp³-hybridized carbons (Fsp3) is 0.300. The Bertz CT molecular complexity index is 941. The first-order valence-corrected chi connectivity index (χ1v) is 9.75. The van der Waals surface area contributed by atoms with Crippen molar-refractivity contribution >= 4 is 35.0 Å². The summed E-state index contributed by atoms with van der Waals surface area (Å²) in [6.07, 6.45) is -5.70. The molecule has 0 fully saturated rings. The number of rotatable bonds is 8. The zero-order chi connectivity index (χ0) is 23.2. The molecule has 3 N–H and O–H groups in total. The number of carbonyl (C=O) groups is 2. The number of halogens is 5. The molecule has 168 valence electrons. The lowest BCUT2D eigenvalue weighted by Gasteiger charge is -2.17. The van der Waals surface area contributed by atoms with Gasteiger partial charge in [-0.05, 0) is 37.3 Å². The highest BCUT2D eigenvalue weighted by Gasteiger charge is 2.30. The van der Waals surface area contributed by atoms with Crippen LogP contribution in [0.1, 0.15) is 22.8 Å². The lowest BCUT2D eigenvalue weighted by atomic mass is 10.2. The SMILES string of the molecule is CC(NC(=O)c1cccc(Cl)c1Cl)C(=O)NCC(O)COc1cccc(C(F)(F)F)c1. The van der Waals surface area contributed by atoms with Crippen LogP contribution in [0, 0.1) is 0 Å². The van der Waals surface area contributed by atoms with Crippen molar-refractivity contribution in [1.82, 2.24) is 10.6 Å². The van der Waals surface area contributed by atoms with Gasteiger partial charge in [0.2, 0.25) is 5.91 Å². The monoisotopic (exact) mass is 478 g/mol. The molecule has 0 heterocycles. The number of ether oxygens (including phenoxy) is 1. The minimum absolute atomic E-state index is 0.0523. The Morgan fingerprint density at radius 1 is 1.16 bits per heavy atom. The van der Waals surface area contributed by atoms with Crippen LogP contribution in [0.4, 0.5) is 13.2 Å². The first-order chi connectivity index (χ1) is 14.5. The molecule has 2 rings (SSSR count). The van der Waals surface area contributed by atoms with Gasteiger partial charge in [-0.3, -0.25) is 9.59 Å². The fourth-order valence-corrected chi connectivity index (χ4v) is 2.79. The van der Waals surface area contributed by atoms with E-state index >= 15 is 0 Å². The molecule has 2 unspecified atom stereocenters. The van der Waals surface area contributed by atoms with Crippen LogP contribution >= 0.6 is 23.2 Å². The highest BCUT2D eigenvalue weighted by molar-refractivity contribution is 6.43. The molecule has 0 saturated heterocycles. The lowest BCUT2D eigenvalue weighted by molar-refractivity contribution is -0.137. The molecule has 0 bridgehead atoms. The molecule has 2 amide bonds. The van der Waals surface area contributed by atoms with Gasteiger partial charge < -0.3 is 20.5 Å². The highest BCUT2D eigenvalue weighted by atomic mass is 35.5. The summed E-state index contributed by atoms with van der Waals surface area (Å²) in [6.45, 7) is 0.841. The first kappa shape index (κ1) is 24.8. The van der Waals surface area contributed by atoms with E-state index in [1.807, 2.05) is 0 Å². The van der Waals surface area contributed by atoms with Gasteiger partial charge in [0.05, 0.1) is 21.2 Å². The van der Waals surface area contributed by atoms with E-state index in [0.29, 0.717) is 0 Å². The number of amides is 2. The average Bonchev–Trinajstić information content (AvgIpc) is 2.71. The van der Waals surface area contributed by atoms with E-state index in [-0.39, 0.29) is 34.5 Å². The number of hydrogen-bond acceptors (Lipinski definition) is 4. The van der Waals surface area contributed by atoms with E-state index in [4.69, 9.17) is 27.9 Å². The Hall–Kier alpha value is -2.49. The third-order valence-electron chi connectivity index (χ3n) is 4.05. The predicted octanol–water partition coefficient (Wildman–Crippen LogP) is 3.69. The van der Waals surface area contributed by atoms with Crippen LogP contribution < -0.4 is 15.4 Å². The third kappa shape index (κ3) is 7.30. The number of aliphatic hydroxyl groups is 1. The summed E-state index contributed by atoms with van der Waals surface area (Å²) in [5.41, 5.74) is -0.777. The molecule has 0 aromatic heterocycles. The van der Waals surface area contributed by atoms with E-state index < -0.39 is 35.7 Å². The summed E-state index contributed by atoms with van der Waals surface area (Å²) in [6, 6.07) is 7.75. The van der Waals surface area contributed by atoms with Crippen molar-refractivity contribution in [3.63, 3.8) is 0 Å². The van der Waals surface area contributed by atoms with E-state index in [1.165, 1.54) is 37.3 Å². The number of carbonyl (C=O) groups excluding carboxylic acids is 2. The maximum absolute atomic E-state index is 12.7. The summed E-state index contributed by atoms with van der Waals surface area (Å²) < 4.78 is 43.2. The van der Waals surface area contributed by atoms with E-state index in [1.54, 1.807) is 0 Å². The van der Waals surface area contributed by atoms with Crippen LogP contribution in [-0.4, -0.2) is 42.2 Å². The molecule has 0 spiro atoms. The topological polar surface area (TPSA) is 87.7 Å². The van der Waals surface area contributed by atoms with Crippen molar-refractivity contribution in [2.45, 2.75) is 25.2 Å². The molecular weight excluding hydrogens is 460 g/mol. The zero-order valence-electron chi connectivity index (χ0n) is 16.2. The molecule has 31 heavy (non-hydrogen) atoms. The van der Waals surface area contributed by atoms with Gasteiger partial charge in [-0.25, -0.2) is 0 Å². The molecule has 0 aliphatic rings. The van der Waals surface area contributed by atoms with Gasteiger partial charge in [-0.2, -0.15) is 13.2 Å². The van der Waals surface area contributed by atoms with E-state index in [0.717, 1.165) is 12.1 Å². The summed E-state index contributed by atoms with van der Waals surface area (Å²) in [7, 11) is 0. The summed E-state index contributed by atoms with van der Waals surface area (Å²) >= 11 is 11.8. The number of alkyl halides is 3. The predicted molar refractivity (Wildman–Crippen MR) is 109 cm³/mol. The summed E-state index contributed by atoms with van der Waals surface area (Å²) in [5.74, 6) is -1.27. The Balaban J connectivity index is 1.81. The van der Waals surface area contributed by atoms with E-state index in [9.17, 15) is 27.9 Å². The second kappa shape index (κ2) is 10.7. The van der Waals surface area contributed by atoms with Gasteiger partial charge in [-0.15, -0.1) is 0 Å². The molecule has 11 heteroatoms. The molecule has 2 atom stereocenters. The molecule has 0 radical (unpaired) electrons. The molecule has 0 aliphatic carbocycles. The number of nitrogens with one attached hydrogen (secondary N) is 2. The Labute approximate surface area is 186 Å². The molecule has 2 aromatic carbocycles. The van der Waals surface area contributed by atoms with Gasteiger partial charge in [0.15, 0.2) is 0 Å². The van der Waals surface area contributed by atoms with Crippen molar-refractivity contribution in [2.75, 3.05) is 13.2 Å². The Morgan fingerprint density at radius 3 is 2.52 bits per heavy atom. The second-order valence-corrected chi connectivity index (χ2v) is 7.32. The van der Waals surface area contributed by atoms with E-state index in [2.05, 4.69) is 10.6 Å². The molecule has 0 saturated carbocycles. The number of benzene rings is 2. The maximum atomic E-state index is 12.7. The lowest BCUT2D eigenvalue weighted by Crippen LogP contribution is -2.47. The van der Waals surface area contributed by atoms with Crippen molar-refractivity contribution in [3.05, 3.63) is 63.6 Å². The zero-order valence-corrected chi connectivity index (χ0v) is 17.7. The number of aliphatic hydroxyl groups excluding tert-OH is 1. The normalized spacial score (nSPS) is 13.3. The minimum Gasteiger partial charge on any atom is -0.491 e. The van der Waals surface area contributed by atoms with Crippen molar-refractivity contribution < 1.29 is 32.6 Å². The summed E-state index contributed by atoms with van der Waals surface area (Å²) in [4.78, 5) is 24.4. The average molecular weight is 479 g/mol. The fourth-order valence-electron chi connectivity index (χ4n) is 2.40. The maximum Gasteiger partial charge on any atom is 0.416 e. The van der Waals surface area contributed by atoms with Crippen LogP contribution in [0.5, 0.6) is 5.75 Å². The van der Waals surface area contributed by atoms with Crippen molar-refractivity contribution in [2.24, 2.45) is 0 Å². The second-order valence-electron chi connectivity index (χ2n) is 6.53. The quantitative estimate of drug-likeness (QED) is 0.539.